The van der Waals surface area contributed by atoms with Crippen molar-refractivity contribution in [3.63, 3.8) is 0 Å². The molecular weight excluding hydrogens is 279 g/mol. The lowest BCUT2D eigenvalue weighted by Gasteiger charge is -2.14. The summed E-state index contributed by atoms with van der Waals surface area (Å²) in [7, 11) is 1.26. The number of hydrogen-bond acceptors (Lipinski definition) is 5. The second-order valence-electron chi connectivity index (χ2n) is 3.78. The molecule has 0 aliphatic heterocycles. The van der Waals surface area contributed by atoms with Crippen molar-refractivity contribution in [2.75, 3.05) is 13.7 Å². The smallest absolute Gasteiger partial charge is 0.481 e. The summed E-state index contributed by atoms with van der Waals surface area (Å²) in [6, 6.07) is 1.04. The fraction of sp³-hybridized carbons (Fsp3) is 0.500. The van der Waals surface area contributed by atoms with E-state index >= 15 is 0 Å². The fourth-order valence-electron chi connectivity index (χ4n) is 1.49. The van der Waals surface area contributed by atoms with E-state index in [1.54, 1.807) is 6.92 Å². The molecule has 112 valence electrons. The van der Waals surface area contributed by atoms with Gasteiger partial charge in [-0.2, -0.15) is 0 Å². The normalized spacial score (nSPS) is 11.1. The van der Waals surface area contributed by atoms with E-state index in [9.17, 15) is 18.0 Å². The average molecular weight is 293 g/mol. The Kier molecular flexibility index (Phi) is 5.18. The van der Waals surface area contributed by atoms with Crippen molar-refractivity contribution in [2.24, 2.45) is 0 Å². The van der Waals surface area contributed by atoms with Crippen molar-refractivity contribution in [1.29, 1.82) is 0 Å². The Bertz CT molecular complexity index is 488. The van der Waals surface area contributed by atoms with Gasteiger partial charge in [0.15, 0.2) is 0 Å². The number of pyridine rings is 1. The van der Waals surface area contributed by atoms with Gasteiger partial charge in [0.2, 0.25) is 5.88 Å². The van der Waals surface area contributed by atoms with Gasteiger partial charge in [-0.1, -0.05) is 0 Å². The first-order valence-electron chi connectivity index (χ1n) is 5.72. The van der Waals surface area contributed by atoms with Crippen molar-refractivity contribution in [3.05, 3.63) is 17.3 Å². The molecular formula is C12H14F3NO4. The third kappa shape index (κ3) is 4.60. The number of aromatic nitrogens is 1. The van der Waals surface area contributed by atoms with Gasteiger partial charge in [0.05, 0.1) is 31.4 Å². The Hall–Kier alpha value is -1.99. The zero-order chi connectivity index (χ0) is 15.3. The molecule has 5 nitrogen and oxygen atoms in total. The number of esters is 1. The lowest BCUT2D eigenvalue weighted by Crippen LogP contribution is -2.19. The molecule has 0 aliphatic carbocycles. The topological polar surface area (TPSA) is 57.7 Å². The number of ether oxygens (including phenoxy) is 3. The molecule has 0 radical (unpaired) electrons. The minimum atomic E-state index is -4.83. The first-order chi connectivity index (χ1) is 9.26. The number of halogens is 3. The quantitative estimate of drug-likeness (QED) is 0.780. The number of methoxy groups -OCH3 is 1. The maximum atomic E-state index is 12.3. The van der Waals surface area contributed by atoms with Gasteiger partial charge in [0.1, 0.15) is 5.75 Å². The first-order valence-corrected chi connectivity index (χ1v) is 5.72. The maximum Gasteiger partial charge on any atom is 0.573 e. The summed E-state index contributed by atoms with van der Waals surface area (Å²) in [5.74, 6) is -1.08. The Morgan fingerprint density at radius 3 is 2.55 bits per heavy atom. The van der Waals surface area contributed by atoms with Crippen LogP contribution in [-0.4, -0.2) is 31.0 Å². The van der Waals surface area contributed by atoms with Crippen LogP contribution < -0.4 is 9.47 Å². The van der Waals surface area contributed by atoms with E-state index in [4.69, 9.17) is 9.47 Å². The molecule has 0 atom stereocenters. The molecule has 0 fully saturated rings. The minimum absolute atomic E-state index is 0.0361. The van der Waals surface area contributed by atoms with Gasteiger partial charge in [0, 0.05) is 6.07 Å². The summed E-state index contributed by atoms with van der Waals surface area (Å²) >= 11 is 0. The number of nitrogens with zero attached hydrogens (tertiary/aromatic N) is 1. The fourth-order valence-corrected chi connectivity index (χ4v) is 1.49. The molecule has 0 unspecified atom stereocenters. The van der Waals surface area contributed by atoms with Crippen LogP contribution in [0.5, 0.6) is 11.6 Å². The summed E-state index contributed by atoms with van der Waals surface area (Å²) in [4.78, 5) is 15.3. The Labute approximate surface area is 113 Å². The highest BCUT2D eigenvalue weighted by Gasteiger charge is 2.32. The van der Waals surface area contributed by atoms with Crippen LogP contribution in [-0.2, 0) is 16.0 Å². The summed E-state index contributed by atoms with van der Waals surface area (Å²) in [5, 5.41) is 0. The third-order valence-corrected chi connectivity index (χ3v) is 2.28. The van der Waals surface area contributed by atoms with E-state index < -0.39 is 18.1 Å². The predicted octanol–water partition coefficient (Wildman–Crippen LogP) is 2.40. The van der Waals surface area contributed by atoms with E-state index in [-0.39, 0.29) is 30.2 Å². The Morgan fingerprint density at radius 2 is 2.05 bits per heavy atom. The van der Waals surface area contributed by atoms with Crippen LogP contribution in [0.1, 0.15) is 18.2 Å². The van der Waals surface area contributed by atoms with Gasteiger partial charge < -0.3 is 14.2 Å². The molecule has 0 saturated carbocycles. The zero-order valence-corrected chi connectivity index (χ0v) is 11.2. The number of carbonyl (C=O) groups is 1. The molecule has 1 aromatic heterocycles. The monoisotopic (exact) mass is 293 g/mol. The average Bonchev–Trinajstić information content (AvgIpc) is 2.31. The summed E-state index contributed by atoms with van der Waals surface area (Å²) < 4.78 is 50.4. The van der Waals surface area contributed by atoms with E-state index in [0.717, 1.165) is 6.07 Å². The number of rotatable bonds is 5. The summed E-state index contributed by atoms with van der Waals surface area (Å²) in [6.45, 7) is 3.17. The van der Waals surface area contributed by atoms with Gasteiger partial charge in [-0.25, -0.2) is 4.98 Å². The number of hydrogen-bond donors (Lipinski definition) is 0. The van der Waals surface area contributed by atoms with E-state index in [2.05, 4.69) is 9.72 Å². The standard InChI is InChI=1S/C12H14F3NO4/c1-4-19-10(17)6-8-5-9(20-12(13,14)15)7(2)11(16-8)18-3/h5H,4,6H2,1-3H3. The van der Waals surface area contributed by atoms with E-state index in [1.165, 1.54) is 14.0 Å². The molecule has 0 aromatic carbocycles. The molecule has 8 heteroatoms. The lowest BCUT2D eigenvalue weighted by molar-refractivity contribution is -0.274. The summed E-state index contributed by atoms with van der Waals surface area (Å²) in [5.41, 5.74) is 0.169. The SMILES string of the molecule is CCOC(=O)Cc1cc(OC(F)(F)F)c(C)c(OC)n1. The Morgan fingerprint density at radius 1 is 1.40 bits per heavy atom. The molecule has 0 amide bonds. The Balaban J connectivity index is 3.08. The van der Waals surface area contributed by atoms with Crippen LogP contribution in [0.3, 0.4) is 0 Å². The first kappa shape index (κ1) is 16.1. The number of alkyl halides is 3. The van der Waals surface area contributed by atoms with Crippen molar-refractivity contribution in [1.82, 2.24) is 4.98 Å². The van der Waals surface area contributed by atoms with Crippen LogP contribution in [0.2, 0.25) is 0 Å². The molecule has 1 aromatic rings. The molecule has 0 bridgehead atoms. The van der Waals surface area contributed by atoms with Crippen LogP contribution in [0, 0.1) is 6.92 Å². The third-order valence-electron chi connectivity index (χ3n) is 2.28. The zero-order valence-electron chi connectivity index (χ0n) is 11.2. The molecule has 1 heterocycles. The van der Waals surface area contributed by atoms with E-state index in [1.807, 2.05) is 0 Å². The van der Waals surface area contributed by atoms with Crippen molar-refractivity contribution in [2.45, 2.75) is 26.6 Å². The predicted molar refractivity (Wildman–Crippen MR) is 62.5 cm³/mol. The van der Waals surface area contributed by atoms with Crippen LogP contribution in [0.25, 0.3) is 0 Å². The van der Waals surface area contributed by atoms with Gasteiger partial charge >= 0.3 is 12.3 Å². The van der Waals surface area contributed by atoms with Crippen molar-refractivity contribution in [3.8, 4) is 11.6 Å². The highest BCUT2D eigenvalue weighted by molar-refractivity contribution is 5.72. The van der Waals surface area contributed by atoms with Gasteiger partial charge in [-0.3, -0.25) is 4.79 Å². The lowest BCUT2D eigenvalue weighted by atomic mass is 10.2. The highest BCUT2D eigenvalue weighted by Crippen LogP contribution is 2.31. The van der Waals surface area contributed by atoms with Crippen LogP contribution in [0.4, 0.5) is 13.2 Å². The molecule has 0 N–H and O–H groups in total. The van der Waals surface area contributed by atoms with Gasteiger partial charge in [-0.15, -0.1) is 13.2 Å². The van der Waals surface area contributed by atoms with Crippen LogP contribution in [0.15, 0.2) is 6.07 Å². The van der Waals surface area contributed by atoms with Crippen LogP contribution >= 0.6 is 0 Å². The van der Waals surface area contributed by atoms with Gasteiger partial charge in [-0.05, 0) is 13.8 Å². The molecule has 1 rings (SSSR count). The number of carbonyl (C=O) groups excluding carboxylic acids is 1. The molecule has 0 aliphatic rings. The summed E-state index contributed by atoms with van der Waals surface area (Å²) in [6.07, 6.45) is -5.10. The molecule has 20 heavy (non-hydrogen) atoms. The van der Waals surface area contributed by atoms with Crippen molar-refractivity contribution >= 4 is 5.97 Å². The largest absolute Gasteiger partial charge is 0.573 e. The molecule has 0 saturated heterocycles. The molecule has 0 spiro atoms. The minimum Gasteiger partial charge on any atom is -0.481 e. The van der Waals surface area contributed by atoms with Crippen molar-refractivity contribution < 1.29 is 32.2 Å². The second kappa shape index (κ2) is 6.44. The second-order valence-corrected chi connectivity index (χ2v) is 3.78. The maximum absolute atomic E-state index is 12.3. The highest BCUT2D eigenvalue weighted by atomic mass is 19.4. The van der Waals surface area contributed by atoms with E-state index in [0.29, 0.717) is 0 Å². The van der Waals surface area contributed by atoms with Gasteiger partial charge in [0.25, 0.3) is 0 Å².